The Morgan fingerprint density at radius 1 is 1.14 bits per heavy atom. The molecule has 1 heterocycles. The van der Waals surface area contributed by atoms with Crippen LogP contribution < -0.4 is 9.47 Å². The van der Waals surface area contributed by atoms with Gasteiger partial charge in [-0.3, -0.25) is 0 Å². The van der Waals surface area contributed by atoms with Crippen LogP contribution in [0.15, 0.2) is 18.2 Å². The zero-order chi connectivity index (χ0) is 16.5. The maximum Gasteiger partial charge on any atom is 0.358 e. The second-order valence-corrected chi connectivity index (χ2v) is 5.82. The summed E-state index contributed by atoms with van der Waals surface area (Å²) in [7, 11) is 3.10. The molecule has 1 aromatic heterocycles. The Labute approximate surface area is 128 Å². The maximum absolute atomic E-state index is 11.4. The van der Waals surface area contributed by atoms with E-state index in [-0.39, 0.29) is 5.69 Å². The smallest absolute Gasteiger partial charge is 0.358 e. The molecule has 0 aliphatic heterocycles. The molecule has 2 rings (SSSR count). The highest BCUT2D eigenvalue weighted by atomic mass is 16.5. The maximum atomic E-state index is 11.4. The van der Waals surface area contributed by atoms with E-state index in [1.54, 1.807) is 32.4 Å². The number of carbonyl (C=O) groups is 1. The number of aromatic nitrogens is 3. The highest BCUT2D eigenvalue weighted by molar-refractivity contribution is 5.87. The molecular formula is C15H19N3O4. The van der Waals surface area contributed by atoms with Crippen LogP contribution in [0.4, 0.5) is 0 Å². The normalized spacial score (nSPS) is 11.3. The number of methoxy groups -OCH3 is 2. The second kappa shape index (κ2) is 5.67. The van der Waals surface area contributed by atoms with Crippen molar-refractivity contribution in [2.45, 2.75) is 26.2 Å². The van der Waals surface area contributed by atoms with Crippen molar-refractivity contribution in [1.82, 2.24) is 15.0 Å². The van der Waals surface area contributed by atoms with Crippen LogP contribution in [-0.2, 0) is 5.41 Å². The molecule has 0 spiro atoms. The van der Waals surface area contributed by atoms with E-state index in [4.69, 9.17) is 9.47 Å². The molecule has 0 saturated carbocycles. The molecule has 0 atom stereocenters. The highest BCUT2D eigenvalue weighted by Crippen LogP contribution is 2.30. The first kappa shape index (κ1) is 15.8. The lowest BCUT2D eigenvalue weighted by molar-refractivity contribution is 0.0687. The van der Waals surface area contributed by atoms with E-state index in [1.807, 2.05) is 20.8 Å². The summed E-state index contributed by atoms with van der Waals surface area (Å²) in [5, 5.41) is 17.1. The summed E-state index contributed by atoms with van der Waals surface area (Å²) < 4.78 is 12.0. The fourth-order valence-corrected chi connectivity index (χ4v) is 2.19. The lowest BCUT2D eigenvalue weighted by atomic mass is 9.90. The van der Waals surface area contributed by atoms with Crippen LogP contribution in [0.5, 0.6) is 11.5 Å². The number of carboxylic acid groups (broad SMARTS) is 1. The van der Waals surface area contributed by atoms with Gasteiger partial charge in [0.1, 0.15) is 11.5 Å². The van der Waals surface area contributed by atoms with Crippen LogP contribution in [0, 0.1) is 0 Å². The van der Waals surface area contributed by atoms with Crippen LogP contribution in [0.1, 0.15) is 37.0 Å². The standard InChI is InChI=1S/C15H19N3O4/c1-15(2,3)13-12(14(19)20)16-17-18(13)9-6-10(21-4)8-11(7-9)22-5/h6-8H,1-5H3,(H,19,20). The van der Waals surface area contributed by atoms with Gasteiger partial charge in [0, 0.05) is 23.6 Å². The molecule has 0 saturated heterocycles. The molecule has 118 valence electrons. The van der Waals surface area contributed by atoms with E-state index in [0.29, 0.717) is 22.9 Å². The van der Waals surface area contributed by atoms with Crippen molar-refractivity contribution in [1.29, 1.82) is 0 Å². The first-order valence-corrected chi connectivity index (χ1v) is 6.71. The summed E-state index contributed by atoms with van der Waals surface area (Å²) in [6.07, 6.45) is 0. The Bertz CT molecular complexity index is 679. The Balaban J connectivity index is 2.70. The van der Waals surface area contributed by atoms with Crippen LogP contribution in [-0.4, -0.2) is 40.3 Å². The summed E-state index contributed by atoms with van der Waals surface area (Å²) in [6.45, 7) is 5.73. The van der Waals surface area contributed by atoms with Crippen molar-refractivity contribution in [2.75, 3.05) is 14.2 Å². The third kappa shape index (κ3) is 2.88. The SMILES string of the molecule is COc1cc(OC)cc(-n2nnc(C(=O)O)c2C(C)(C)C)c1. The topological polar surface area (TPSA) is 86.5 Å². The minimum atomic E-state index is -1.11. The van der Waals surface area contributed by atoms with Crippen molar-refractivity contribution in [2.24, 2.45) is 0 Å². The van der Waals surface area contributed by atoms with Crippen molar-refractivity contribution in [3.63, 3.8) is 0 Å². The third-order valence-corrected chi connectivity index (χ3v) is 3.16. The number of carboxylic acids is 1. The second-order valence-electron chi connectivity index (χ2n) is 5.82. The summed E-state index contributed by atoms with van der Waals surface area (Å²) >= 11 is 0. The van der Waals surface area contributed by atoms with Gasteiger partial charge in [-0.25, -0.2) is 9.48 Å². The fraction of sp³-hybridized carbons (Fsp3) is 0.400. The van der Waals surface area contributed by atoms with Gasteiger partial charge in [0.15, 0.2) is 5.69 Å². The van der Waals surface area contributed by atoms with Crippen molar-refractivity contribution < 1.29 is 19.4 Å². The van der Waals surface area contributed by atoms with Gasteiger partial charge in [-0.2, -0.15) is 0 Å². The lowest BCUT2D eigenvalue weighted by Crippen LogP contribution is -2.21. The molecule has 2 aromatic rings. The average molecular weight is 305 g/mol. The molecule has 1 aromatic carbocycles. The molecule has 0 radical (unpaired) electrons. The molecule has 0 aliphatic rings. The van der Waals surface area contributed by atoms with Gasteiger partial charge < -0.3 is 14.6 Å². The number of rotatable bonds is 4. The van der Waals surface area contributed by atoms with Crippen LogP contribution in [0.2, 0.25) is 0 Å². The van der Waals surface area contributed by atoms with E-state index in [0.717, 1.165) is 0 Å². The van der Waals surface area contributed by atoms with Gasteiger partial charge in [0.05, 0.1) is 25.6 Å². The van der Waals surface area contributed by atoms with E-state index in [1.165, 1.54) is 4.68 Å². The zero-order valence-corrected chi connectivity index (χ0v) is 13.2. The molecule has 0 aliphatic carbocycles. The monoisotopic (exact) mass is 305 g/mol. The lowest BCUT2D eigenvalue weighted by Gasteiger charge is -2.20. The molecule has 0 fully saturated rings. The average Bonchev–Trinajstić information content (AvgIpc) is 2.91. The van der Waals surface area contributed by atoms with Gasteiger partial charge in [0.2, 0.25) is 0 Å². The molecule has 0 bridgehead atoms. The van der Waals surface area contributed by atoms with Crippen LogP contribution in [0.3, 0.4) is 0 Å². The fourth-order valence-electron chi connectivity index (χ4n) is 2.19. The first-order chi connectivity index (χ1) is 10.3. The summed E-state index contributed by atoms with van der Waals surface area (Å²) in [5.74, 6) is 0.0641. The predicted molar refractivity (Wildman–Crippen MR) is 80.1 cm³/mol. The molecule has 22 heavy (non-hydrogen) atoms. The zero-order valence-electron chi connectivity index (χ0n) is 13.2. The number of nitrogens with zero attached hydrogens (tertiary/aromatic N) is 3. The molecule has 0 unspecified atom stereocenters. The van der Waals surface area contributed by atoms with Gasteiger partial charge in [-0.05, 0) is 0 Å². The third-order valence-electron chi connectivity index (χ3n) is 3.16. The van der Waals surface area contributed by atoms with E-state index >= 15 is 0 Å². The summed E-state index contributed by atoms with van der Waals surface area (Å²) in [4.78, 5) is 11.4. The first-order valence-electron chi connectivity index (χ1n) is 6.71. The van der Waals surface area contributed by atoms with Gasteiger partial charge >= 0.3 is 5.97 Å². The van der Waals surface area contributed by atoms with Crippen molar-refractivity contribution in [3.05, 3.63) is 29.6 Å². The van der Waals surface area contributed by atoms with Gasteiger partial charge in [0.25, 0.3) is 0 Å². The molecule has 1 N–H and O–H groups in total. The highest BCUT2D eigenvalue weighted by Gasteiger charge is 2.29. The minimum Gasteiger partial charge on any atom is -0.497 e. The Morgan fingerprint density at radius 3 is 2.09 bits per heavy atom. The van der Waals surface area contributed by atoms with Gasteiger partial charge in [-0.1, -0.05) is 26.0 Å². The number of hydrogen-bond acceptors (Lipinski definition) is 5. The minimum absolute atomic E-state index is 0.0608. The predicted octanol–water partition coefficient (Wildman–Crippen LogP) is 2.28. The molecular weight excluding hydrogens is 286 g/mol. The number of benzene rings is 1. The Hall–Kier alpha value is -2.57. The van der Waals surface area contributed by atoms with Crippen molar-refractivity contribution >= 4 is 5.97 Å². The largest absolute Gasteiger partial charge is 0.497 e. The molecule has 7 heteroatoms. The summed E-state index contributed by atoms with van der Waals surface area (Å²) in [6, 6.07) is 5.23. The Kier molecular flexibility index (Phi) is 4.07. The van der Waals surface area contributed by atoms with E-state index < -0.39 is 11.4 Å². The molecule has 7 nitrogen and oxygen atoms in total. The van der Waals surface area contributed by atoms with Crippen LogP contribution in [0.25, 0.3) is 5.69 Å². The Morgan fingerprint density at radius 2 is 1.68 bits per heavy atom. The summed E-state index contributed by atoms with van der Waals surface area (Å²) in [5.41, 5.74) is 0.624. The number of hydrogen-bond donors (Lipinski definition) is 1. The van der Waals surface area contributed by atoms with E-state index in [2.05, 4.69) is 10.3 Å². The van der Waals surface area contributed by atoms with Crippen molar-refractivity contribution in [3.8, 4) is 17.2 Å². The quantitative estimate of drug-likeness (QED) is 0.932. The number of ether oxygens (including phenoxy) is 2. The van der Waals surface area contributed by atoms with Crippen LogP contribution >= 0.6 is 0 Å². The number of aromatic carboxylic acids is 1. The van der Waals surface area contributed by atoms with E-state index in [9.17, 15) is 9.90 Å². The van der Waals surface area contributed by atoms with Gasteiger partial charge in [-0.15, -0.1) is 5.10 Å². The molecule has 0 amide bonds.